The molecular weight excluding hydrogens is 516 g/mol. The molecule has 40 heavy (non-hydrogen) atoms. The van der Waals surface area contributed by atoms with Crippen molar-refractivity contribution >= 4 is 29.7 Å². The van der Waals surface area contributed by atoms with Gasteiger partial charge in [0.05, 0.1) is 0 Å². The number of carbonyl (C=O) groups excluding carboxylic acids is 1. The molecule has 1 amide bonds. The zero-order chi connectivity index (χ0) is 29.5. The van der Waals surface area contributed by atoms with Crippen LogP contribution in [0.2, 0.25) is 5.02 Å². The average molecular weight is 571 g/mol. The van der Waals surface area contributed by atoms with Crippen molar-refractivity contribution in [2.24, 2.45) is 0 Å². The number of nitrogens with zero attached hydrogens (tertiary/aromatic N) is 3. The van der Waals surface area contributed by atoms with Gasteiger partial charge in [0.2, 0.25) is 6.41 Å². The zero-order valence-corrected chi connectivity index (χ0v) is 27.1. The van der Waals surface area contributed by atoms with Crippen LogP contribution in [0.25, 0.3) is 11.6 Å². The predicted molar refractivity (Wildman–Crippen MR) is 173 cm³/mol. The fraction of sp³-hybridized carbons (Fsp3) is 0.618. The summed E-state index contributed by atoms with van der Waals surface area (Å²) in [7, 11) is 0. The highest BCUT2D eigenvalue weighted by Gasteiger charge is 2.28. The van der Waals surface area contributed by atoms with Gasteiger partial charge in [-0.3, -0.25) is 9.69 Å². The Bertz CT molecular complexity index is 1150. The molecule has 1 atom stereocenters. The molecule has 1 aromatic carbocycles. The molecule has 0 spiro atoms. The van der Waals surface area contributed by atoms with Gasteiger partial charge < -0.3 is 14.8 Å². The van der Waals surface area contributed by atoms with Crippen molar-refractivity contribution in [1.82, 2.24) is 19.7 Å². The van der Waals surface area contributed by atoms with E-state index in [9.17, 15) is 4.79 Å². The van der Waals surface area contributed by atoms with E-state index in [1.54, 1.807) is 5.57 Å². The molecule has 0 radical (unpaired) electrons. The zero-order valence-electron chi connectivity index (χ0n) is 26.4. The number of fused-ring (bicyclic) bond motifs is 1. The largest absolute Gasteiger partial charge is 0.355 e. The summed E-state index contributed by atoms with van der Waals surface area (Å²) in [5.41, 5.74) is 5.12. The van der Waals surface area contributed by atoms with Crippen LogP contribution in [-0.2, 0) is 17.9 Å². The highest BCUT2D eigenvalue weighted by atomic mass is 35.5. The molecule has 1 aromatic heterocycles. The first kappa shape index (κ1) is 34.1. The average Bonchev–Trinajstić information content (AvgIpc) is 3.30. The van der Waals surface area contributed by atoms with Gasteiger partial charge in [0.1, 0.15) is 0 Å². The first-order chi connectivity index (χ1) is 19.4. The quantitative estimate of drug-likeness (QED) is 0.373. The molecule has 0 aliphatic carbocycles. The van der Waals surface area contributed by atoms with E-state index >= 15 is 0 Å². The molecule has 0 bridgehead atoms. The number of aryl methyl sites for hydroxylation is 3. The van der Waals surface area contributed by atoms with Gasteiger partial charge in [-0.2, -0.15) is 0 Å². The molecular formula is C34H55ClN4O. The Morgan fingerprint density at radius 1 is 1.05 bits per heavy atom. The summed E-state index contributed by atoms with van der Waals surface area (Å²) in [6, 6.07) is 6.52. The third-order valence-electron chi connectivity index (χ3n) is 8.20. The van der Waals surface area contributed by atoms with Gasteiger partial charge in [-0.05, 0) is 99.5 Å². The highest BCUT2D eigenvalue weighted by Crippen LogP contribution is 2.21. The molecule has 5 nitrogen and oxygen atoms in total. The van der Waals surface area contributed by atoms with Crippen LogP contribution < -0.4 is 15.9 Å². The topological polar surface area (TPSA) is 40.5 Å². The molecule has 224 valence electrons. The first-order valence-electron chi connectivity index (χ1n) is 15.6. The minimum Gasteiger partial charge on any atom is -0.355 e. The Morgan fingerprint density at radius 3 is 2.45 bits per heavy atom. The second-order valence-electron chi connectivity index (χ2n) is 10.8. The van der Waals surface area contributed by atoms with E-state index in [4.69, 9.17) is 11.6 Å². The minimum atomic E-state index is 0.557. The van der Waals surface area contributed by atoms with Gasteiger partial charge in [0, 0.05) is 55.3 Å². The Labute approximate surface area is 249 Å². The van der Waals surface area contributed by atoms with Gasteiger partial charge in [-0.1, -0.05) is 63.9 Å². The maximum atomic E-state index is 9.99. The van der Waals surface area contributed by atoms with Crippen molar-refractivity contribution in [3.8, 4) is 0 Å². The lowest BCUT2D eigenvalue weighted by Crippen LogP contribution is -2.54. The van der Waals surface area contributed by atoms with Crippen molar-refractivity contribution in [2.75, 3.05) is 32.7 Å². The van der Waals surface area contributed by atoms with Gasteiger partial charge in [-0.15, -0.1) is 0 Å². The number of nitrogens with one attached hydrogen (secondary N) is 1. The highest BCUT2D eigenvalue weighted by molar-refractivity contribution is 6.31. The smallest absolute Gasteiger partial charge is 0.207 e. The lowest BCUT2D eigenvalue weighted by Gasteiger charge is -2.44. The number of aromatic nitrogens is 1. The van der Waals surface area contributed by atoms with Gasteiger partial charge in [0.25, 0.3) is 0 Å². The number of hydrogen-bond donors (Lipinski definition) is 1. The van der Waals surface area contributed by atoms with Crippen LogP contribution in [0.15, 0.2) is 24.4 Å². The summed E-state index contributed by atoms with van der Waals surface area (Å²) >= 11 is 5.82. The van der Waals surface area contributed by atoms with Crippen molar-refractivity contribution in [3.63, 3.8) is 0 Å². The summed E-state index contributed by atoms with van der Waals surface area (Å²) in [6.07, 6.45) is 13.2. The maximum absolute atomic E-state index is 9.99. The second kappa shape index (κ2) is 18.4. The third-order valence-corrected chi connectivity index (χ3v) is 8.62. The molecule has 6 heteroatoms. The number of hydrogen-bond acceptors (Lipinski definition) is 3. The summed E-state index contributed by atoms with van der Waals surface area (Å²) < 4.78 is 2.55. The van der Waals surface area contributed by atoms with Crippen LogP contribution in [0.1, 0.15) is 89.8 Å². The molecule has 2 aliphatic heterocycles. The molecule has 4 rings (SSSR count). The van der Waals surface area contributed by atoms with E-state index in [0.717, 1.165) is 41.6 Å². The fourth-order valence-corrected chi connectivity index (χ4v) is 6.21. The number of carbonyl (C=O) groups is 1. The fourth-order valence-electron chi connectivity index (χ4n) is 6.09. The summed E-state index contributed by atoms with van der Waals surface area (Å²) in [5, 5.41) is 6.31. The number of amides is 1. The molecule has 0 saturated carbocycles. The van der Waals surface area contributed by atoms with Gasteiger partial charge >= 0.3 is 0 Å². The summed E-state index contributed by atoms with van der Waals surface area (Å²) in [6.45, 7) is 23.1. The molecule has 2 saturated heterocycles. The number of rotatable bonds is 9. The number of piperazine rings is 1. The summed E-state index contributed by atoms with van der Waals surface area (Å²) in [5.74, 6) is 0. The first-order valence-corrected chi connectivity index (χ1v) is 16.0. The second-order valence-corrected chi connectivity index (χ2v) is 11.2. The van der Waals surface area contributed by atoms with E-state index in [-0.39, 0.29) is 0 Å². The molecule has 1 N–H and O–H groups in total. The monoisotopic (exact) mass is 570 g/mol. The van der Waals surface area contributed by atoms with Crippen LogP contribution in [0.4, 0.5) is 0 Å². The normalized spacial score (nSPS) is 17.7. The van der Waals surface area contributed by atoms with Crippen LogP contribution in [0.5, 0.6) is 0 Å². The number of benzene rings is 1. The van der Waals surface area contributed by atoms with Crippen molar-refractivity contribution < 1.29 is 4.79 Å². The summed E-state index contributed by atoms with van der Waals surface area (Å²) in [4.78, 5) is 15.5. The standard InChI is InChI=1S/C23H39N3.C9H10ClNO.C2H6/c1-5-20(6-2)23-22(7-3)19(4)17-26(23)14-10-12-24-15-16-25-13-9-8-11-21(25)18-24;1-7-4-8(5-11-6-12)2-3-9(7)10;1-2/h7,17,21H,5-6,8-16,18H2,1-4H3;2-4,6H,5H2,1H3,(H,11,12);1-2H3/b22-7-;;. The van der Waals surface area contributed by atoms with Crippen LogP contribution in [0, 0.1) is 13.8 Å². The maximum Gasteiger partial charge on any atom is 0.207 e. The number of piperidine rings is 1. The van der Waals surface area contributed by atoms with Crippen LogP contribution in [-0.4, -0.2) is 59.5 Å². The van der Waals surface area contributed by atoms with E-state index in [2.05, 4.69) is 59.7 Å². The third kappa shape index (κ3) is 9.78. The van der Waals surface area contributed by atoms with Gasteiger partial charge in [0.15, 0.2) is 0 Å². The Kier molecular flexibility index (Phi) is 15.7. The van der Waals surface area contributed by atoms with Crippen LogP contribution >= 0.6 is 11.6 Å². The van der Waals surface area contributed by atoms with Gasteiger partial charge in [-0.25, -0.2) is 0 Å². The van der Waals surface area contributed by atoms with Crippen molar-refractivity contribution in [1.29, 1.82) is 0 Å². The Hall–Kier alpha value is -2.08. The molecule has 1 unspecified atom stereocenters. The molecule has 2 aromatic rings. The molecule has 2 aliphatic rings. The molecule has 3 heterocycles. The lowest BCUT2D eigenvalue weighted by molar-refractivity contribution is -0.109. The lowest BCUT2D eigenvalue weighted by atomic mass is 9.99. The molecule has 2 fully saturated rings. The van der Waals surface area contributed by atoms with E-state index < -0.39 is 0 Å². The number of halogens is 1. The van der Waals surface area contributed by atoms with E-state index in [1.165, 1.54) is 74.5 Å². The van der Waals surface area contributed by atoms with Crippen molar-refractivity contribution in [2.45, 2.75) is 106 Å². The minimum absolute atomic E-state index is 0.557. The SMILES string of the molecule is C/C=c1/c(C)cn(CCCN2CCN3CCCCC3C2)c1=C(CC)CC.CC.Cc1cc(CNC=O)ccc1Cl. The predicted octanol–water partition coefficient (Wildman–Crippen LogP) is 6.05. The Morgan fingerprint density at radius 2 is 1.80 bits per heavy atom. The Balaban J connectivity index is 0.000000336. The van der Waals surface area contributed by atoms with Crippen molar-refractivity contribution in [3.05, 3.63) is 56.7 Å². The van der Waals surface area contributed by atoms with E-state index in [0.29, 0.717) is 13.0 Å². The van der Waals surface area contributed by atoms with Crippen LogP contribution in [0.3, 0.4) is 0 Å². The van der Waals surface area contributed by atoms with E-state index in [1.807, 2.05) is 39.0 Å².